The fourth-order valence-corrected chi connectivity index (χ4v) is 4.22. The highest BCUT2D eigenvalue weighted by molar-refractivity contribution is 5.78. The minimum Gasteiger partial charge on any atom is -0.466 e. The van der Waals surface area contributed by atoms with Gasteiger partial charge in [0.2, 0.25) is 5.91 Å². The van der Waals surface area contributed by atoms with Gasteiger partial charge < -0.3 is 9.64 Å². The maximum absolute atomic E-state index is 13.1. The number of hydrogen-bond acceptors (Lipinski definition) is 6. The van der Waals surface area contributed by atoms with E-state index in [1.807, 2.05) is 24.3 Å². The Balaban J connectivity index is 1.57. The summed E-state index contributed by atoms with van der Waals surface area (Å²) < 4.78 is 7.81. The van der Waals surface area contributed by atoms with Crippen molar-refractivity contribution in [3.8, 4) is 11.3 Å². The highest BCUT2D eigenvalue weighted by atomic mass is 16.5. The Hall–Kier alpha value is -3.49. The normalized spacial score (nSPS) is 16.2. The number of benzene rings is 1. The summed E-state index contributed by atoms with van der Waals surface area (Å²) in [5.74, 6) is -0.330. The van der Waals surface area contributed by atoms with Crippen molar-refractivity contribution in [2.24, 2.45) is 5.92 Å². The lowest BCUT2D eigenvalue weighted by atomic mass is 9.98. The Bertz CT molecular complexity index is 1230. The number of esters is 1. The van der Waals surface area contributed by atoms with Gasteiger partial charge in [-0.05, 0) is 44.7 Å². The lowest BCUT2D eigenvalue weighted by Crippen LogP contribution is -2.45. The standard InChI is InChI=1S/C24H29N5O4/c1-4-17-8-10-18(11-9-17)20-13-21-23(31)28(25-16(3)29(21)26-20)15-22(30)27-12-6-7-19(14-27)24(32)33-5-2/h8-11,13,19H,4-7,12,14-15H2,1-3H3/t19-/m1/s1. The summed E-state index contributed by atoms with van der Waals surface area (Å²) in [4.78, 5) is 39.7. The number of ether oxygens (including phenoxy) is 1. The lowest BCUT2D eigenvalue weighted by molar-refractivity contribution is -0.151. The zero-order chi connectivity index (χ0) is 23.5. The summed E-state index contributed by atoms with van der Waals surface area (Å²) in [7, 11) is 0. The Morgan fingerprint density at radius 3 is 2.61 bits per heavy atom. The Labute approximate surface area is 192 Å². The van der Waals surface area contributed by atoms with Crippen molar-refractivity contribution in [2.45, 2.75) is 46.6 Å². The summed E-state index contributed by atoms with van der Waals surface area (Å²) >= 11 is 0. The topological polar surface area (TPSA) is 98.8 Å². The van der Waals surface area contributed by atoms with Crippen LogP contribution in [0.1, 0.15) is 38.1 Å². The Kier molecular flexibility index (Phi) is 6.57. The molecule has 0 radical (unpaired) electrons. The highest BCUT2D eigenvalue weighted by Crippen LogP contribution is 2.20. The Morgan fingerprint density at radius 2 is 1.91 bits per heavy atom. The predicted molar refractivity (Wildman–Crippen MR) is 123 cm³/mol. The number of aryl methyl sites for hydroxylation is 2. The third kappa shape index (κ3) is 4.67. The fraction of sp³-hybridized carbons (Fsp3) is 0.458. The molecule has 174 valence electrons. The average Bonchev–Trinajstić information content (AvgIpc) is 3.29. The minimum atomic E-state index is -0.378. The van der Waals surface area contributed by atoms with Crippen LogP contribution in [0, 0.1) is 12.8 Å². The van der Waals surface area contributed by atoms with Crippen molar-refractivity contribution in [2.75, 3.05) is 19.7 Å². The number of nitrogens with zero attached hydrogens (tertiary/aromatic N) is 5. The molecule has 4 rings (SSSR count). The van der Waals surface area contributed by atoms with Gasteiger partial charge in [-0.1, -0.05) is 31.2 Å². The quantitative estimate of drug-likeness (QED) is 0.533. The molecule has 0 saturated carbocycles. The molecule has 0 spiro atoms. The predicted octanol–water partition coefficient (Wildman–Crippen LogP) is 2.23. The minimum absolute atomic E-state index is 0.183. The van der Waals surface area contributed by atoms with Crippen LogP contribution in [0.5, 0.6) is 0 Å². The molecular weight excluding hydrogens is 422 g/mol. The highest BCUT2D eigenvalue weighted by Gasteiger charge is 2.29. The molecule has 1 atom stereocenters. The number of fused-ring (bicyclic) bond motifs is 1. The second-order valence-corrected chi connectivity index (χ2v) is 8.32. The van der Waals surface area contributed by atoms with Crippen LogP contribution in [0.15, 0.2) is 35.1 Å². The molecule has 2 aromatic heterocycles. The van der Waals surface area contributed by atoms with Gasteiger partial charge in [0.1, 0.15) is 17.9 Å². The van der Waals surface area contributed by atoms with E-state index in [1.165, 1.54) is 14.8 Å². The fourth-order valence-electron chi connectivity index (χ4n) is 4.22. The van der Waals surface area contributed by atoms with Crippen molar-refractivity contribution >= 4 is 17.4 Å². The third-order valence-corrected chi connectivity index (χ3v) is 6.07. The molecule has 3 aromatic rings. The lowest BCUT2D eigenvalue weighted by Gasteiger charge is -2.31. The Morgan fingerprint density at radius 1 is 1.15 bits per heavy atom. The number of rotatable bonds is 6. The summed E-state index contributed by atoms with van der Waals surface area (Å²) in [5.41, 5.74) is 2.81. The smallest absolute Gasteiger partial charge is 0.310 e. The zero-order valence-corrected chi connectivity index (χ0v) is 19.3. The van der Waals surface area contributed by atoms with Gasteiger partial charge in [0.15, 0.2) is 0 Å². The van der Waals surface area contributed by atoms with Crippen LogP contribution in [0.25, 0.3) is 16.8 Å². The van der Waals surface area contributed by atoms with Crippen LogP contribution in [0.2, 0.25) is 0 Å². The molecule has 1 saturated heterocycles. The molecule has 1 aliphatic rings. The van der Waals surface area contributed by atoms with Gasteiger partial charge >= 0.3 is 5.97 Å². The first-order valence-electron chi connectivity index (χ1n) is 11.4. The molecule has 9 nitrogen and oxygen atoms in total. The van der Waals surface area contributed by atoms with Crippen LogP contribution < -0.4 is 5.56 Å². The van der Waals surface area contributed by atoms with E-state index in [-0.39, 0.29) is 29.9 Å². The number of hydrogen-bond donors (Lipinski definition) is 0. The maximum atomic E-state index is 13.1. The van der Waals surface area contributed by atoms with E-state index in [1.54, 1.807) is 24.8 Å². The van der Waals surface area contributed by atoms with E-state index < -0.39 is 0 Å². The number of amides is 1. The van der Waals surface area contributed by atoms with E-state index in [2.05, 4.69) is 17.1 Å². The second kappa shape index (κ2) is 9.56. The summed E-state index contributed by atoms with van der Waals surface area (Å²) in [6, 6.07) is 9.80. The summed E-state index contributed by atoms with van der Waals surface area (Å²) in [6.07, 6.45) is 2.37. The first kappa shape index (κ1) is 22.7. The molecule has 0 aliphatic carbocycles. The monoisotopic (exact) mass is 451 g/mol. The summed E-state index contributed by atoms with van der Waals surface area (Å²) in [6.45, 7) is 6.60. The van der Waals surface area contributed by atoms with Crippen molar-refractivity contribution in [3.63, 3.8) is 0 Å². The van der Waals surface area contributed by atoms with Crippen LogP contribution >= 0.6 is 0 Å². The third-order valence-electron chi connectivity index (χ3n) is 6.07. The van der Waals surface area contributed by atoms with Crippen molar-refractivity contribution in [3.05, 3.63) is 52.1 Å². The largest absolute Gasteiger partial charge is 0.466 e. The molecule has 1 aliphatic heterocycles. The van der Waals surface area contributed by atoms with Gasteiger partial charge in [0, 0.05) is 18.7 Å². The van der Waals surface area contributed by atoms with Gasteiger partial charge in [-0.15, -0.1) is 0 Å². The first-order valence-corrected chi connectivity index (χ1v) is 11.4. The molecule has 0 bridgehead atoms. The molecule has 33 heavy (non-hydrogen) atoms. The van der Waals surface area contributed by atoms with Gasteiger partial charge in [-0.2, -0.15) is 10.2 Å². The van der Waals surface area contributed by atoms with E-state index >= 15 is 0 Å². The van der Waals surface area contributed by atoms with Gasteiger partial charge in [-0.3, -0.25) is 14.4 Å². The SMILES string of the molecule is CCOC(=O)[C@@H]1CCCN(C(=O)Cn2nc(C)n3nc(-c4ccc(CC)cc4)cc3c2=O)C1. The molecule has 0 unspecified atom stereocenters. The van der Waals surface area contributed by atoms with Crippen molar-refractivity contribution < 1.29 is 14.3 Å². The van der Waals surface area contributed by atoms with Crippen molar-refractivity contribution in [1.29, 1.82) is 0 Å². The molecule has 9 heteroatoms. The van der Waals surface area contributed by atoms with Crippen LogP contribution in [0.3, 0.4) is 0 Å². The van der Waals surface area contributed by atoms with E-state index in [4.69, 9.17) is 4.74 Å². The van der Waals surface area contributed by atoms with Gasteiger partial charge in [0.05, 0.1) is 18.2 Å². The molecular formula is C24H29N5O4. The van der Waals surface area contributed by atoms with E-state index in [9.17, 15) is 14.4 Å². The number of aromatic nitrogens is 4. The van der Waals surface area contributed by atoms with Gasteiger partial charge in [0.25, 0.3) is 5.56 Å². The zero-order valence-electron chi connectivity index (χ0n) is 19.3. The first-order chi connectivity index (χ1) is 15.9. The van der Waals surface area contributed by atoms with Crippen LogP contribution in [0.4, 0.5) is 0 Å². The van der Waals surface area contributed by atoms with Gasteiger partial charge in [-0.25, -0.2) is 9.20 Å². The van der Waals surface area contributed by atoms with Crippen LogP contribution in [-0.4, -0.2) is 55.9 Å². The molecule has 1 amide bonds. The average molecular weight is 452 g/mol. The number of carbonyl (C=O) groups is 2. The molecule has 0 N–H and O–H groups in total. The molecule has 1 aromatic carbocycles. The van der Waals surface area contributed by atoms with Crippen LogP contribution in [-0.2, 0) is 27.3 Å². The number of piperidine rings is 1. The van der Waals surface area contributed by atoms with E-state index in [0.717, 1.165) is 18.4 Å². The van der Waals surface area contributed by atoms with E-state index in [0.29, 0.717) is 43.2 Å². The number of carbonyl (C=O) groups excluding carboxylic acids is 2. The van der Waals surface area contributed by atoms with Crippen molar-refractivity contribution in [1.82, 2.24) is 24.3 Å². The second-order valence-electron chi connectivity index (χ2n) is 8.32. The molecule has 3 heterocycles. The number of likely N-dealkylation sites (tertiary alicyclic amines) is 1. The molecule has 1 fully saturated rings. The maximum Gasteiger partial charge on any atom is 0.310 e. The summed E-state index contributed by atoms with van der Waals surface area (Å²) in [5, 5.41) is 8.87.